The lowest BCUT2D eigenvalue weighted by Gasteiger charge is -2.15. The predicted octanol–water partition coefficient (Wildman–Crippen LogP) is 1.64. The van der Waals surface area contributed by atoms with Crippen LogP contribution < -0.4 is 11.1 Å². The molecule has 0 aliphatic rings. The van der Waals surface area contributed by atoms with E-state index in [0.717, 1.165) is 12.3 Å². The number of aromatic nitrogens is 2. The third-order valence-electron chi connectivity index (χ3n) is 2.06. The zero-order valence-corrected chi connectivity index (χ0v) is 8.75. The number of rotatable bonds is 4. The maximum absolute atomic E-state index is 12.3. The zero-order valence-electron chi connectivity index (χ0n) is 8.75. The summed E-state index contributed by atoms with van der Waals surface area (Å²) in [5, 5.41) is 2.74. The number of nitrogens with one attached hydrogen (secondary N) is 1. The molecule has 0 aliphatic carbocycles. The minimum atomic E-state index is -4.45. The van der Waals surface area contributed by atoms with Crippen molar-refractivity contribution in [1.82, 2.24) is 9.97 Å². The number of nitrogens with zero attached hydrogens (tertiary/aromatic N) is 2. The first kappa shape index (κ1) is 12.7. The third kappa shape index (κ3) is 3.34. The molecule has 0 aliphatic heterocycles. The summed E-state index contributed by atoms with van der Waals surface area (Å²) >= 11 is 0. The van der Waals surface area contributed by atoms with Gasteiger partial charge in [-0.1, -0.05) is 6.92 Å². The molecule has 0 bridgehead atoms. The quantitative estimate of drug-likeness (QED) is 0.831. The molecule has 1 aromatic heterocycles. The van der Waals surface area contributed by atoms with Crippen molar-refractivity contribution in [2.45, 2.75) is 25.6 Å². The Bertz CT molecular complexity index is 336. The Kier molecular flexibility index (Phi) is 4.05. The first-order chi connectivity index (χ1) is 7.47. The van der Waals surface area contributed by atoms with Gasteiger partial charge < -0.3 is 11.1 Å². The molecule has 0 amide bonds. The molecular weight excluding hydrogens is 221 g/mol. The van der Waals surface area contributed by atoms with Crippen molar-refractivity contribution in [2.24, 2.45) is 5.73 Å². The van der Waals surface area contributed by atoms with Crippen molar-refractivity contribution >= 4 is 5.95 Å². The SMILES string of the molecule is CCC(CN)Nc1nccc(C(F)(F)F)n1. The van der Waals surface area contributed by atoms with E-state index in [-0.39, 0.29) is 12.0 Å². The molecule has 4 nitrogen and oxygen atoms in total. The molecule has 7 heteroatoms. The predicted molar refractivity (Wildman–Crippen MR) is 53.8 cm³/mol. The average molecular weight is 234 g/mol. The van der Waals surface area contributed by atoms with Crippen LogP contribution in [0.5, 0.6) is 0 Å². The number of halogens is 3. The summed E-state index contributed by atoms with van der Waals surface area (Å²) in [5.41, 5.74) is 4.45. The number of anilines is 1. The Morgan fingerprint density at radius 2 is 2.19 bits per heavy atom. The highest BCUT2D eigenvalue weighted by Gasteiger charge is 2.32. The average Bonchev–Trinajstić information content (AvgIpc) is 2.25. The molecule has 1 heterocycles. The highest BCUT2D eigenvalue weighted by atomic mass is 19.4. The second-order valence-corrected chi connectivity index (χ2v) is 3.25. The van der Waals surface area contributed by atoms with Gasteiger partial charge >= 0.3 is 6.18 Å². The van der Waals surface area contributed by atoms with E-state index in [1.54, 1.807) is 0 Å². The summed E-state index contributed by atoms with van der Waals surface area (Å²) in [6, 6.07) is 0.706. The molecule has 3 N–H and O–H groups in total. The van der Waals surface area contributed by atoms with Crippen LogP contribution >= 0.6 is 0 Å². The van der Waals surface area contributed by atoms with Gasteiger partial charge in [0.15, 0.2) is 0 Å². The van der Waals surface area contributed by atoms with Crippen LogP contribution in [0.4, 0.5) is 19.1 Å². The maximum atomic E-state index is 12.3. The summed E-state index contributed by atoms with van der Waals surface area (Å²) < 4.78 is 37.0. The summed E-state index contributed by atoms with van der Waals surface area (Å²) in [7, 11) is 0. The molecule has 0 saturated carbocycles. The molecule has 0 saturated heterocycles. The Hall–Kier alpha value is -1.37. The first-order valence-electron chi connectivity index (χ1n) is 4.84. The van der Waals surface area contributed by atoms with Crippen LogP contribution in [0.3, 0.4) is 0 Å². The van der Waals surface area contributed by atoms with E-state index in [0.29, 0.717) is 13.0 Å². The van der Waals surface area contributed by atoms with Crippen molar-refractivity contribution < 1.29 is 13.2 Å². The van der Waals surface area contributed by atoms with Crippen LogP contribution in [-0.4, -0.2) is 22.6 Å². The van der Waals surface area contributed by atoms with Gasteiger partial charge in [0.2, 0.25) is 5.95 Å². The van der Waals surface area contributed by atoms with Crippen molar-refractivity contribution in [2.75, 3.05) is 11.9 Å². The molecule has 1 aromatic rings. The van der Waals surface area contributed by atoms with Gasteiger partial charge in [-0.05, 0) is 12.5 Å². The maximum Gasteiger partial charge on any atom is 0.433 e. The highest BCUT2D eigenvalue weighted by molar-refractivity contribution is 5.27. The lowest BCUT2D eigenvalue weighted by atomic mass is 10.2. The van der Waals surface area contributed by atoms with Crippen LogP contribution in [0.2, 0.25) is 0 Å². The fraction of sp³-hybridized carbons (Fsp3) is 0.556. The van der Waals surface area contributed by atoms with E-state index in [2.05, 4.69) is 15.3 Å². The number of hydrogen-bond acceptors (Lipinski definition) is 4. The Morgan fingerprint density at radius 3 is 2.69 bits per heavy atom. The lowest BCUT2D eigenvalue weighted by molar-refractivity contribution is -0.141. The van der Waals surface area contributed by atoms with Crippen LogP contribution in [0.15, 0.2) is 12.3 Å². The first-order valence-corrected chi connectivity index (χ1v) is 4.84. The topological polar surface area (TPSA) is 63.8 Å². The van der Waals surface area contributed by atoms with Gasteiger partial charge in [0.1, 0.15) is 5.69 Å². The zero-order chi connectivity index (χ0) is 12.2. The lowest BCUT2D eigenvalue weighted by Crippen LogP contribution is -2.29. The Balaban J connectivity index is 2.82. The van der Waals surface area contributed by atoms with Gasteiger partial charge in [-0.25, -0.2) is 9.97 Å². The molecule has 90 valence electrons. The summed E-state index contributed by atoms with van der Waals surface area (Å²) in [4.78, 5) is 7.09. The molecule has 0 fully saturated rings. The van der Waals surface area contributed by atoms with Gasteiger partial charge in [-0.2, -0.15) is 13.2 Å². The standard InChI is InChI=1S/C9H13F3N4/c1-2-6(5-13)15-8-14-4-3-7(16-8)9(10,11)12/h3-4,6H,2,5,13H2,1H3,(H,14,15,16). The van der Waals surface area contributed by atoms with Gasteiger partial charge in [-0.3, -0.25) is 0 Å². The second-order valence-electron chi connectivity index (χ2n) is 3.25. The van der Waals surface area contributed by atoms with Crippen molar-refractivity contribution in [1.29, 1.82) is 0 Å². The van der Waals surface area contributed by atoms with E-state index >= 15 is 0 Å². The minimum absolute atomic E-state index is 0.0490. The van der Waals surface area contributed by atoms with Crippen molar-refractivity contribution in [3.05, 3.63) is 18.0 Å². The molecule has 1 rings (SSSR count). The third-order valence-corrected chi connectivity index (χ3v) is 2.06. The van der Waals surface area contributed by atoms with Crippen LogP contribution in [0, 0.1) is 0 Å². The molecular formula is C9H13F3N4. The van der Waals surface area contributed by atoms with Gasteiger partial charge in [0.25, 0.3) is 0 Å². The molecule has 0 aromatic carbocycles. The molecule has 1 atom stereocenters. The Labute approximate surface area is 91.1 Å². The highest BCUT2D eigenvalue weighted by Crippen LogP contribution is 2.27. The van der Waals surface area contributed by atoms with E-state index in [4.69, 9.17) is 5.73 Å². The number of nitrogens with two attached hydrogens (primary N) is 1. The largest absolute Gasteiger partial charge is 0.433 e. The monoisotopic (exact) mass is 234 g/mol. The molecule has 0 radical (unpaired) electrons. The number of alkyl halides is 3. The van der Waals surface area contributed by atoms with Crippen LogP contribution in [0.1, 0.15) is 19.0 Å². The van der Waals surface area contributed by atoms with Gasteiger partial charge in [0, 0.05) is 18.8 Å². The van der Waals surface area contributed by atoms with E-state index < -0.39 is 11.9 Å². The van der Waals surface area contributed by atoms with E-state index in [1.165, 1.54) is 0 Å². The summed E-state index contributed by atoms with van der Waals surface area (Å²) in [6.07, 6.45) is -2.69. The second kappa shape index (κ2) is 5.11. The van der Waals surface area contributed by atoms with Crippen LogP contribution in [0.25, 0.3) is 0 Å². The van der Waals surface area contributed by atoms with Gasteiger partial charge in [-0.15, -0.1) is 0 Å². The molecule has 0 spiro atoms. The van der Waals surface area contributed by atoms with Crippen molar-refractivity contribution in [3.8, 4) is 0 Å². The molecule has 16 heavy (non-hydrogen) atoms. The van der Waals surface area contributed by atoms with Gasteiger partial charge in [0.05, 0.1) is 0 Å². The summed E-state index contributed by atoms with van der Waals surface area (Å²) in [5.74, 6) is -0.0490. The fourth-order valence-electron chi connectivity index (χ4n) is 1.10. The fourth-order valence-corrected chi connectivity index (χ4v) is 1.10. The normalized spacial score (nSPS) is 13.6. The van der Waals surface area contributed by atoms with Crippen LogP contribution in [-0.2, 0) is 6.18 Å². The summed E-state index contributed by atoms with van der Waals surface area (Å²) in [6.45, 7) is 2.19. The Morgan fingerprint density at radius 1 is 1.50 bits per heavy atom. The minimum Gasteiger partial charge on any atom is -0.350 e. The molecule has 1 unspecified atom stereocenters. The number of hydrogen-bond donors (Lipinski definition) is 2. The smallest absolute Gasteiger partial charge is 0.350 e. The van der Waals surface area contributed by atoms with Crippen molar-refractivity contribution in [3.63, 3.8) is 0 Å². The van der Waals surface area contributed by atoms with E-state index in [9.17, 15) is 13.2 Å². The van der Waals surface area contributed by atoms with E-state index in [1.807, 2.05) is 6.92 Å².